The van der Waals surface area contributed by atoms with Gasteiger partial charge < -0.3 is 11.1 Å². The Labute approximate surface area is 109 Å². The molecule has 0 aliphatic rings. The van der Waals surface area contributed by atoms with Crippen LogP contribution in [0.15, 0.2) is 0 Å². The molecule has 4 N–H and O–H groups in total. The SMILES string of the molecule is CCCCN(CCN)C(C)C(=O)NC(=O)NCC. The van der Waals surface area contributed by atoms with Gasteiger partial charge in [0.1, 0.15) is 0 Å². The van der Waals surface area contributed by atoms with Gasteiger partial charge in [-0.2, -0.15) is 0 Å². The lowest BCUT2D eigenvalue weighted by atomic mass is 10.2. The van der Waals surface area contributed by atoms with Crippen LogP contribution in [-0.4, -0.2) is 49.1 Å². The predicted molar refractivity (Wildman–Crippen MR) is 72.2 cm³/mol. The van der Waals surface area contributed by atoms with Crippen LogP contribution in [0, 0.1) is 0 Å². The maximum absolute atomic E-state index is 11.9. The lowest BCUT2D eigenvalue weighted by Crippen LogP contribution is -2.50. The number of amides is 3. The van der Waals surface area contributed by atoms with Crippen LogP contribution in [-0.2, 0) is 4.79 Å². The zero-order valence-electron chi connectivity index (χ0n) is 11.7. The zero-order chi connectivity index (χ0) is 14.0. The third-order valence-electron chi connectivity index (χ3n) is 2.72. The number of hydrogen-bond donors (Lipinski definition) is 3. The topological polar surface area (TPSA) is 87.5 Å². The van der Waals surface area contributed by atoms with E-state index in [1.165, 1.54) is 0 Å². The number of urea groups is 1. The first kappa shape index (κ1) is 16.9. The molecule has 0 radical (unpaired) electrons. The van der Waals surface area contributed by atoms with Crippen molar-refractivity contribution in [3.8, 4) is 0 Å². The van der Waals surface area contributed by atoms with Gasteiger partial charge >= 0.3 is 6.03 Å². The first-order valence-corrected chi connectivity index (χ1v) is 6.59. The van der Waals surface area contributed by atoms with E-state index in [2.05, 4.69) is 17.6 Å². The second-order valence-electron chi connectivity index (χ2n) is 4.20. The Balaban J connectivity index is 4.31. The Morgan fingerprint density at radius 3 is 2.44 bits per heavy atom. The summed E-state index contributed by atoms with van der Waals surface area (Å²) < 4.78 is 0. The highest BCUT2D eigenvalue weighted by Crippen LogP contribution is 2.02. The molecule has 0 bridgehead atoms. The standard InChI is InChI=1S/C12H26N4O2/c1-4-6-8-16(9-7-13)10(3)11(17)15-12(18)14-5-2/h10H,4-9,13H2,1-3H3,(H2,14,15,17,18). The van der Waals surface area contributed by atoms with Gasteiger partial charge in [-0.3, -0.25) is 15.0 Å². The van der Waals surface area contributed by atoms with Crippen molar-refractivity contribution in [3.63, 3.8) is 0 Å². The fraction of sp³-hybridized carbons (Fsp3) is 0.833. The maximum Gasteiger partial charge on any atom is 0.321 e. The number of rotatable bonds is 8. The molecule has 0 aromatic rings. The van der Waals surface area contributed by atoms with Gasteiger partial charge in [-0.1, -0.05) is 13.3 Å². The van der Waals surface area contributed by atoms with E-state index in [0.717, 1.165) is 19.4 Å². The van der Waals surface area contributed by atoms with E-state index in [1.54, 1.807) is 13.8 Å². The van der Waals surface area contributed by atoms with Gasteiger partial charge in [0.25, 0.3) is 0 Å². The summed E-state index contributed by atoms with van der Waals surface area (Å²) >= 11 is 0. The van der Waals surface area contributed by atoms with Gasteiger partial charge in [-0.05, 0) is 26.8 Å². The molecule has 106 valence electrons. The normalized spacial score (nSPS) is 12.3. The second-order valence-corrected chi connectivity index (χ2v) is 4.20. The lowest BCUT2D eigenvalue weighted by molar-refractivity contribution is -0.124. The molecule has 6 heteroatoms. The first-order valence-electron chi connectivity index (χ1n) is 6.59. The minimum atomic E-state index is -0.447. The van der Waals surface area contributed by atoms with Crippen molar-refractivity contribution in [2.75, 3.05) is 26.2 Å². The number of nitrogens with two attached hydrogens (primary N) is 1. The summed E-state index contributed by atoms with van der Waals surface area (Å²) in [6.45, 7) is 8.16. The lowest BCUT2D eigenvalue weighted by Gasteiger charge is -2.27. The summed E-state index contributed by atoms with van der Waals surface area (Å²) in [6, 6.07) is -0.791. The van der Waals surface area contributed by atoms with Crippen molar-refractivity contribution >= 4 is 11.9 Å². The van der Waals surface area contributed by atoms with Crippen molar-refractivity contribution in [2.24, 2.45) is 5.73 Å². The minimum Gasteiger partial charge on any atom is -0.338 e. The Morgan fingerprint density at radius 1 is 1.28 bits per heavy atom. The molecular formula is C12H26N4O2. The molecule has 3 amide bonds. The van der Waals surface area contributed by atoms with Crippen LogP contribution in [0.4, 0.5) is 4.79 Å². The Bertz CT molecular complexity index is 258. The van der Waals surface area contributed by atoms with Crippen LogP contribution in [0.3, 0.4) is 0 Å². The summed E-state index contributed by atoms with van der Waals surface area (Å²) in [7, 11) is 0. The second kappa shape index (κ2) is 9.85. The van der Waals surface area contributed by atoms with Gasteiger partial charge in [0.15, 0.2) is 0 Å². The van der Waals surface area contributed by atoms with Crippen LogP contribution in [0.25, 0.3) is 0 Å². The molecule has 0 heterocycles. The van der Waals surface area contributed by atoms with Crippen molar-refractivity contribution < 1.29 is 9.59 Å². The van der Waals surface area contributed by atoms with Crippen molar-refractivity contribution in [1.29, 1.82) is 0 Å². The molecule has 0 aliphatic heterocycles. The molecule has 0 aliphatic carbocycles. The average molecular weight is 258 g/mol. The summed E-state index contributed by atoms with van der Waals surface area (Å²) in [5, 5.41) is 4.86. The molecule has 0 aromatic carbocycles. The Morgan fingerprint density at radius 2 is 1.94 bits per heavy atom. The van der Waals surface area contributed by atoms with Crippen LogP contribution in [0.2, 0.25) is 0 Å². The highest BCUT2D eigenvalue weighted by molar-refractivity contribution is 5.96. The van der Waals surface area contributed by atoms with Gasteiger partial charge in [-0.15, -0.1) is 0 Å². The van der Waals surface area contributed by atoms with E-state index < -0.39 is 6.03 Å². The molecule has 1 unspecified atom stereocenters. The number of imide groups is 1. The van der Waals surface area contributed by atoms with Gasteiger partial charge in [0, 0.05) is 19.6 Å². The molecule has 0 saturated heterocycles. The number of unbranched alkanes of at least 4 members (excludes halogenated alkanes) is 1. The van der Waals surface area contributed by atoms with E-state index in [9.17, 15) is 9.59 Å². The quantitative estimate of drug-likeness (QED) is 0.583. The third kappa shape index (κ3) is 6.56. The first-order chi connectivity index (χ1) is 8.56. The molecule has 1 atom stereocenters. The fourth-order valence-corrected chi connectivity index (χ4v) is 1.61. The summed E-state index contributed by atoms with van der Waals surface area (Å²) in [4.78, 5) is 25.1. The van der Waals surface area contributed by atoms with Gasteiger partial charge in [-0.25, -0.2) is 4.79 Å². The molecule has 0 saturated carbocycles. The van der Waals surface area contributed by atoms with E-state index >= 15 is 0 Å². The third-order valence-corrected chi connectivity index (χ3v) is 2.72. The molecular weight excluding hydrogens is 232 g/mol. The Kier molecular flexibility index (Phi) is 9.22. The fourth-order valence-electron chi connectivity index (χ4n) is 1.61. The number of nitrogens with zero attached hydrogens (tertiary/aromatic N) is 1. The molecule has 18 heavy (non-hydrogen) atoms. The average Bonchev–Trinajstić information content (AvgIpc) is 2.33. The number of nitrogens with one attached hydrogen (secondary N) is 2. The zero-order valence-corrected chi connectivity index (χ0v) is 11.7. The number of carbonyl (C=O) groups excluding carboxylic acids is 2. The molecule has 0 spiro atoms. The van der Waals surface area contributed by atoms with Crippen LogP contribution < -0.4 is 16.4 Å². The van der Waals surface area contributed by atoms with Crippen LogP contribution in [0.1, 0.15) is 33.6 Å². The van der Waals surface area contributed by atoms with Crippen LogP contribution in [0.5, 0.6) is 0 Å². The van der Waals surface area contributed by atoms with Gasteiger partial charge in [0.2, 0.25) is 5.91 Å². The molecule has 6 nitrogen and oxygen atoms in total. The van der Waals surface area contributed by atoms with Gasteiger partial charge in [0.05, 0.1) is 6.04 Å². The largest absolute Gasteiger partial charge is 0.338 e. The van der Waals surface area contributed by atoms with Crippen molar-refractivity contribution in [1.82, 2.24) is 15.5 Å². The van der Waals surface area contributed by atoms with E-state index in [4.69, 9.17) is 5.73 Å². The smallest absolute Gasteiger partial charge is 0.321 e. The van der Waals surface area contributed by atoms with Crippen LogP contribution >= 0.6 is 0 Å². The molecule has 0 aromatic heterocycles. The summed E-state index contributed by atoms with van der Waals surface area (Å²) in [5.41, 5.74) is 5.54. The van der Waals surface area contributed by atoms with Crippen molar-refractivity contribution in [2.45, 2.75) is 39.7 Å². The highest BCUT2D eigenvalue weighted by Gasteiger charge is 2.21. The summed E-state index contributed by atoms with van der Waals surface area (Å²) in [6.07, 6.45) is 2.07. The Hall–Kier alpha value is -1.14. The minimum absolute atomic E-state index is 0.287. The van der Waals surface area contributed by atoms with E-state index in [0.29, 0.717) is 19.6 Å². The maximum atomic E-state index is 11.9. The predicted octanol–water partition coefficient (Wildman–Crippen LogP) is 0.281. The molecule has 0 rings (SSSR count). The highest BCUT2D eigenvalue weighted by atomic mass is 16.2. The van der Waals surface area contributed by atoms with E-state index in [1.807, 2.05) is 4.90 Å². The molecule has 0 fully saturated rings. The van der Waals surface area contributed by atoms with E-state index in [-0.39, 0.29) is 11.9 Å². The number of hydrogen-bond acceptors (Lipinski definition) is 4. The number of carbonyl (C=O) groups is 2. The summed E-state index contributed by atoms with van der Waals surface area (Å²) in [5.74, 6) is -0.287. The monoisotopic (exact) mass is 258 g/mol. The van der Waals surface area contributed by atoms with Crippen molar-refractivity contribution in [3.05, 3.63) is 0 Å².